The van der Waals surface area contributed by atoms with E-state index in [9.17, 15) is 15.8 Å². The number of nitrogens with zero attached hydrogens (tertiary/aromatic N) is 6. The highest BCUT2D eigenvalue weighted by molar-refractivity contribution is 6.26. The van der Waals surface area contributed by atoms with Crippen molar-refractivity contribution in [2.45, 2.75) is 0 Å². The van der Waals surface area contributed by atoms with Crippen LogP contribution in [-0.2, 0) is 0 Å². The van der Waals surface area contributed by atoms with Gasteiger partial charge in [0.25, 0.3) is 0 Å². The molecular formula is C62H36N6. The first-order chi connectivity index (χ1) is 33.5. The van der Waals surface area contributed by atoms with E-state index in [1.807, 2.05) is 97.1 Å². The van der Waals surface area contributed by atoms with Crippen LogP contribution in [0.4, 0.5) is 39.8 Å². The summed E-state index contributed by atoms with van der Waals surface area (Å²) in [5.41, 5.74) is 11.9. The number of hydrogen-bond donors (Lipinski definition) is 0. The number of anilines is 6. The van der Waals surface area contributed by atoms with Crippen molar-refractivity contribution in [3.8, 4) is 40.5 Å². The lowest BCUT2D eigenvalue weighted by atomic mass is 9.83. The van der Waals surface area contributed by atoms with E-state index >= 15 is 0 Å². The predicted octanol–water partition coefficient (Wildman–Crippen LogP) is 16.7. The van der Waals surface area contributed by atoms with Gasteiger partial charge in [-0.05, 0) is 175 Å². The van der Waals surface area contributed by atoms with E-state index in [0.717, 1.165) is 99.5 Å². The third kappa shape index (κ3) is 7.15. The third-order valence-electron chi connectivity index (χ3n) is 12.7. The quantitative estimate of drug-likeness (QED) is 0.112. The van der Waals surface area contributed by atoms with Gasteiger partial charge in [0.15, 0.2) is 5.69 Å². The van der Waals surface area contributed by atoms with Crippen molar-refractivity contribution in [2.75, 3.05) is 9.80 Å². The SMILES string of the molecule is [C-]#[N+]c1ccc(N(c2ccc(C#N)cc2)c2ccc3c(-c4cccc5ccccc45)c4cc(N(c5ccc(C#N)cc5)c5ccc(C#N)cc5)ccc4c(-c4cccc5ccccc45)c3c2)cc1. The summed E-state index contributed by atoms with van der Waals surface area (Å²) in [6.45, 7) is 7.67. The number of fused-ring (bicyclic) bond motifs is 4. The van der Waals surface area contributed by atoms with E-state index in [4.69, 9.17) is 6.57 Å². The summed E-state index contributed by atoms with van der Waals surface area (Å²) in [5.74, 6) is 0. The number of benzene rings is 11. The molecule has 11 rings (SSSR count). The Morgan fingerprint density at radius 1 is 0.324 bits per heavy atom. The molecule has 0 spiro atoms. The Morgan fingerprint density at radius 2 is 0.662 bits per heavy atom. The predicted molar refractivity (Wildman–Crippen MR) is 277 cm³/mol. The first-order valence-corrected chi connectivity index (χ1v) is 22.1. The molecule has 6 heteroatoms. The fraction of sp³-hybridized carbons (Fsp3) is 0. The Kier molecular flexibility index (Phi) is 10.3. The molecule has 0 aromatic heterocycles. The molecule has 0 heterocycles. The summed E-state index contributed by atoms with van der Waals surface area (Å²) in [6, 6.07) is 80.6. The number of nitriles is 3. The fourth-order valence-corrected chi connectivity index (χ4v) is 9.58. The maximum atomic E-state index is 9.75. The lowest BCUT2D eigenvalue weighted by Gasteiger charge is -2.28. The highest BCUT2D eigenvalue weighted by atomic mass is 15.1. The van der Waals surface area contributed by atoms with Gasteiger partial charge >= 0.3 is 0 Å². The fourth-order valence-electron chi connectivity index (χ4n) is 9.58. The van der Waals surface area contributed by atoms with Crippen LogP contribution < -0.4 is 9.80 Å². The first kappa shape index (κ1) is 40.8. The molecule has 0 fully saturated rings. The average Bonchev–Trinajstić information content (AvgIpc) is 3.41. The van der Waals surface area contributed by atoms with Crippen LogP contribution in [0.5, 0.6) is 0 Å². The minimum Gasteiger partial charge on any atom is -0.311 e. The topological polar surface area (TPSA) is 82.2 Å². The second-order valence-electron chi connectivity index (χ2n) is 16.5. The minimum atomic E-state index is 0.549. The normalized spacial score (nSPS) is 10.9. The van der Waals surface area contributed by atoms with Gasteiger partial charge in [-0.25, -0.2) is 4.85 Å². The van der Waals surface area contributed by atoms with Crippen LogP contribution in [0.25, 0.3) is 70.2 Å². The van der Waals surface area contributed by atoms with Gasteiger partial charge in [-0.2, -0.15) is 15.8 Å². The summed E-state index contributed by atoms with van der Waals surface area (Å²) in [6.07, 6.45) is 0. The van der Waals surface area contributed by atoms with Crippen LogP contribution in [0.2, 0.25) is 0 Å². The van der Waals surface area contributed by atoms with Crippen LogP contribution in [0, 0.1) is 40.6 Å². The minimum absolute atomic E-state index is 0.549. The lowest BCUT2D eigenvalue weighted by molar-refractivity contribution is 1.28. The zero-order valence-corrected chi connectivity index (χ0v) is 36.5. The zero-order valence-electron chi connectivity index (χ0n) is 36.5. The molecule has 11 aromatic rings. The van der Waals surface area contributed by atoms with Gasteiger partial charge < -0.3 is 9.80 Å². The van der Waals surface area contributed by atoms with E-state index in [1.165, 1.54) is 0 Å². The Hall–Kier alpha value is -9.98. The van der Waals surface area contributed by atoms with E-state index in [1.54, 1.807) is 0 Å². The van der Waals surface area contributed by atoms with Crippen molar-refractivity contribution in [2.24, 2.45) is 0 Å². The zero-order chi connectivity index (χ0) is 46.1. The lowest BCUT2D eigenvalue weighted by Crippen LogP contribution is -2.10. The summed E-state index contributed by atoms with van der Waals surface area (Å²) in [5, 5.41) is 38.0. The monoisotopic (exact) mass is 864 g/mol. The van der Waals surface area contributed by atoms with Gasteiger partial charge in [0, 0.05) is 34.1 Å². The van der Waals surface area contributed by atoms with E-state index in [2.05, 4.69) is 154 Å². The highest BCUT2D eigenvalue weighted by Gasteiger charge is 2.24. The van der Waals surface area contributed by atoms with Crippen molar-refractivity contribution in [1.29, 1.82) is 15.8 Å². The Labute approximate surface area is 393 Å². The van der Waals surface area contributed by atoms with Crippen molar-refractivity contribution < 1.29 is 0 Å². The maximum absolute atomic E-state index is 9.75. The van der Waals surface area contributed by atoms with Crippen LogP contribution in [0.15, 0.2) is 218 Å². The molecule has 0 aliphatic heterocycles. The molecule has 0 amide bonds. The summed E-state index contributed by atoms with van der Waals surface area (Å²) in [4.78, 5) is 8.03. The first-order valence-electron chi connectivity index (χ1n) is 22.1. The molecule has 0 aliphatic rings. The largest absolute Gasteiger partial charge is 0.311 e. The molecule has 68 heavy (non-hydrogen) atoms. The van der Waals surface area contributed by atoms with Gasteiger partial charge in [-0.3, -0.25) is 0 Å². The molecule has 0 N–H and O–H groups in total. The van der Waals surface area contributed by atoms with Gasteiger partial charge in [-0.15, -0.1) is 0 Å². The molecule has 0 saturated carbocycles. The molecular weight excluding hydrogens is 829 g/mol. The van der Waals surface area contributed by atoms with Gasteiger partial charge in [0.2, 0.25) is 0 Å². The van der Waals surface area contributed by atoms with Gasteiger partial charge in [-0.1, -0.05) is 109 Å². The highest BCUT2D eigenvalue weighted by Crippen LogP contribution is 2.50. The molecule has 0 atom stereocenters. The Balaban J connectivity index is 1.28. The summed E-state index contributed by atoms with van der Waals surface area (Å²) in [7, 11) is 0. The summed E-state index contributed by atoms with van der Waals surface area (Å²) < 4.78 is 0. The maximum Gasteiger partial charge on any atom is 0.187 e. The molecule has 0 saturated heterocycles. The van der Waals surface area contributed by atoms with Crippen molar-refractivity contribution in [3.05, 3.63) is 246 Å². The number of hydrogen-bond acceptors (Lipinski definition) is 5. The molecule has 0 bridgehead atoms. The van der Waals surface area contributed by atoms with Crippen LogP contribution in [0.1, 0.15) is 16.7 Å². The average molecular weight is 865 g/mol. The second-order valence-corrected chi connectivity index (χ2v) is 16.5. The van der Waals surface area contributed by atoms with Gasteiger partial charge in [0.05, 0.1) is 41.5 Å². The van der Waals surface area contributed by atoms with Crippen molar-refractivity contribution in [1.82, 2.24) is 0 Å². The molecule has 314 valence electrons. The van der Waals surface area contributed by atoms with Crippen molar-refractivity contribution >= 4 is 82.9 Å². The third-order valence-corrected chi connectivity index (χ3v) is 12.7. The van der Waals surface area contributed by atoms with Crippen molar-refractivity contribution in [3.63, 3.8) is 0 Å². The standard InChI is InChI=1S/C62H36N6/c1-66-46-22-30-50(31-23-46)68(49-28-20-43(40-65)21-29-49)52-33-35-58-60(37-52)62(56-15-7-11-45-9-3-5-13-54(45)56)57-34-32-51(36-59(57)61(58)55-14-6-10-44-8-2-4-12-53(44)55)67(47-24-16-41(38-63)17-25-47)48-26-18-42(39-64)19-27-48/h2-37H. The molecule has 0 radical (unpaired) electrons. The molecule has 0 unspecified atom stereocenters. The van der Waals surface area contributed by atoms with Crippen LogP contribution >= 0.6 is 0 Å². The smallest absolute Gasteiger partial charge is 0.187 e. The Morgan fingerprint density at radius 3 is 1.03 bits per heavy atom. The molecule has 11 aromatic carbocycles. The van der Waals surface area contributed by atoms with E-state index in [0.29, 0.717) is 22.4 Å². The van der Waals surface area contributed by atoms with Crippen LogP contribution in [0.3, 0.4) is 0 Å². The van der Waals surface area contributed by atoms with Gasteiger partial charge in [0.1, 0.15) is 0 Å². The molecule has 0 aliphatic carbocycles. The van der Waals surface area contributed by atoms with E-state index in [-0.39, 0.29) is 0 Å². The summed E-state index contributed by atoms with van der Waals surface area (Å²) >= 11 is 0. The Bertz CT molecular complexity index is 3550. The number of rotatable bonds is 8. The molecule has 6 nitrogen and oxygen atoms in total. The second kappa shape index (κ2) is 17.2. The van der Waals surface area contributed by atoms with E-state index < -0.39 is 0 Å². The van der Waals surface area contributed by atoms with Crippen LogP contribution in [-0.4, -0.2) is 0 Å².